The molecule has 2 aromatic carbocycles. The van der Waals surface area contributed by atoms with Crippen LogP contribution in [0.15, 0.2) is 48.5 Å². The number of carbonyl (C=O) groups excluding carboxylic acids is 2. The highest BCUT2D eigenvalue weighted by Gasteiger charge is 2.15. The number of hydrogen-bond acceptors (Lipinski definition) is 6. The third kappa shape index (κ3) is 18.1. The molecular formula is C44H74N4O4. The van der Waals surface area contributed by atoms with Crippen molar-refractivity contribution in [2.24, 2.45) is 0 Å². The smallest absolute Gasteiger partial charge is 0.222 e. The summed E-state index contributed by atoms with van der Waals surface area (Å²) in [6.45, 7) is 14.5. The number of unbranched alkanes of at least 4 members (excludes halogenated alkanes) is 9. The summed E-state index contributed by atoms with van der Waals surface area (Å²) >= 11 is 0. The molecule has 8 heteroatoms. The molecule has 0 aromatic heterocycles. The van der Waals surface area contributed by atoms with Gasteiger partial charge in [-0.2, -0.15) is 0 Å². The first-order chi connectivity index (χ1) is 25.1. The van der Waals surface area contributed by atoms with Gasteiger partial charge in [0.2, 0.25) is 11.8 Å². The first-order valence-electron chi connectivity index (χ1n) is 20.3. The Kier molecular flexibility index (Phi) is 23.1. The van der Waals surface area contributed by atoms with Gasteiger partial charge >= 0.3 is 0 Å². The van der Waals surface area contributed by atoms with Gasteiger partial charge in [0.15, 0.2) is 0 Å². The van der Waals surface area contributed by atoms with Crippen LogP contribution >= 0.6 is 0 Å². The van der Waals surface area contributed by atoms with E-state index in [1.807, 2.05) is 48.2 Å². The molecule has 0 aliphatic heterocycles. The minimum absolute atomic E-state index is 0.268. The number of carbonyl (C=O) groups is 2. The Morgan fingerprint density at radius 2 is 0.827 bits per heavy atom. The molecule has 0 saturated carbocycles. The lowest BCUT2D eigenvalue weighted by Gasteiger charge is -2.27. The summed E-state index contributed by atoms with van der Waals surface area (Å²) in [6, 6.07) is 17.4. The van der Waals surface area contributed by atoms with Crippen molar-refractivity contribution in [3.8, 4) is 11.5 Å². The van der Waals surface area contributed by atoms with Crippen LogP contribution in [0, 0.1) is 0 Å². The molecule has 0 heterocycles. The van der Waals surface area contributed by atoms with E-state index in [4.69, 9.17) is 9.47 Å². The van der Waals surface area contributed by atoms with E-state index < -0.39 is 0 Å². The van der Waals surface area contributed by atoms with Gasteiger partial charge in [-0.15, -0.1) is 0 Å². The van der Waals surface area contributed by atoms with Crippen LogP contribution in [0.1, 0.15) is 129 Å². The summed E-state index contributed by atoms with van der Waals surface area (Å²) in [4.78, 5) is 34.2. The van der Waals surface area contributed by atoms with Crippen molar-refractivity contribution in [3.63, 3.8) is 0 Å². The third-order valence-corrected chi connectivity index (χ3v) is 10.4. The Hall–Kier alpha value is -3.10. The average Bonchev–Trinajstić information content (AvgIpc) is 3.14. The van der Waals surface area contributed by atoms with Crippen molar-refractivity contribution in [2.45, 2.75) is 143 Å². The summed E-state index contributed by atoms with van der Waals surface area (Å²) in [6.07, 6.45) is 14.3. The topological polar surface area (TPSA) is 65.6 Å². The molecule has 2 aromatic rings. The molecule has 0 bridgehead atoms. The Morgan fingerprint density at radius 1 is 0.500 bits per heavy atom. The molecule has 294 valence electrons. The predicted octanol–water partition coefficient (Wildman–Crippen LogP) is 9.20. The molecule has 0 saturated heterocycles. The zero-order valence-electron chi connectivity index (χ0n) is 34.3. The molecule has 0 radical (unpaired) electrons. The Morgan fingerprint density at radius 3 is 1.19 bits per heavy atom. The molecule has 0 atom stereocenters. The number of para-hydroxylation sites is 2. The fourth-order valence-electron chi connectivity index (χ4n) is 6.72. The van der Waals surface area contributed by atoms with Gasteiger partial charge in [0.25, 0.3) is 0 Å². The van der Waals surface area contributed by atoms with E-state index in [0.29, 0.717) is 24.9 Å². The van der Waals surface area contributed by atoms with E-state index in [1.165, 1.54) is 24.0 Å². The van der Waals surface area contributed by atoms with Gasteiger partial charge in [-0.25, -0.2) is 0 Å². The highest BCUT2D eigenvalue weighted by atomic mass is 16.5. The van der Waals surface area contributed by atoms with Crippen LogP contribution in [0.5, 0.6) is 11.5 Å². The summed E-state index contributed by atoms with van der Waals surface area (Å²) < 4.78 is 11.1. The quantitative estimate of drug-likeness (QED) is 0.0781. The van der Waals surface area contributed by atoms with E-state index in [1.54, 1.807) is 14.2 Å². The van der Waals surface area contributed by atoms with Crippen LogP contribution in [0.25, 0.3) is 0 Å². The van der Waals surface area contributed by atoms with Crippen LogP contribution in [0.3, 0.4) is 0 Å². The summed E-state index contributed by atoms with van der Waals surface area (Å²) in [5, 5.41) is 0. The molecular weight excluding hydrogens is 649 g/mol. The second kappa shape index (κ2) is 26.6. The first kappa shape index (κ1) is 45.1. The van der Waals surface area contributed by atoms with Gasteiger partial charge in [0.05, 0.1) is 14.2 Å². The molecule has 8 nitrogen and oxygen atoms in total. The van der Waals surface area contributed by atoms with Crippen LogP contribution in [-0.4, -0.2) is 98.0 Å². The fourth-order valence-corrected chi connectivity index (χ4v) is 6.72. The van der Waals surface area contributed by atoms with Crippen molar-refractivity contribution in [3.05, 3.63) is 59.7 Å². The minimum atomic E-state index is 0.268. The highest BCUT2D eigenvalue weighted by Crippen LogP contribution is 2.22. The standard InChI is InChI=1S/C44H74N4O4/c1-37(2)47(35-39-25-17-19-27-41(39)51-7)33-23-13-15-29-43(49)45(5)31-21-11-9-10-12-22-32-46(6)44(50)30-16-14-24-34-48(38(3)4)36-40-26-18-20-28-42(40)52-8/h17-20,25-28,37-38H,9-16,21-24,29-36H2,1-8H3. The number of nitrogens with zero attached hydrogens (tertiary/aromatic N) is 4. The lowest BCUT2D eigenvalue weighted by molar-refractivity contribution is -0.130. The minimum Gasteiger partial charge on any atom is -0.496 e. The number of rotatable bonds is 29. The second-order valence-electron chi connectivity index (χ2n) is 15.1. The van der Waals surface area contributed by atoms with E-state index in [9.17, 15) is 9.59 Å². The largest absolute Gasteiger partial charge is 0.496 e. The lowest BCUT2D eigenvalue weighted by Crippen LogP contribution is -2.31. The fraction of sp³-hybridized carbons (Fsp3) is 0.682. The van der Waals surface area contributed by atoms with Gasteiger partial charge in [-0.3, -0.25) is 19.4 Å². The maximum atomic E-state index is 12.7. The van der Waals surface area contributed by atoms with Crippen LogP contribution < -0.4 is 9.47 Å². The predicted molar refractivity (Wildman–Crippen MR) is 217 cm³/mol. The molecule has 0 unspecified atom stereocenters. The van der Waals surface area contributed by atoms with Crippen LogP contribution in [0.2, 0.25) is 0 Å². The van der Waals surface area contributed by atoms with Crippen molar-refractivity contribution >= 4 is 11.8 Å². The van der Waals surface area contributed by atoms with Crippen LogP contribution in [-0.2, 0) is 22.7 Å². The second-order valence-corrected chi connectivity index (χ2v) is 15.1. The Balaban J connectivity index is 1.47. The number of ether oxygens (including phenoxy) is 2. The van der Waals surface area contributed by atoms with Crippen molar-refractivity contribution < 1.29 is 19.1 Å². The van der Waals surface area contributed by atoms with Crippen molar-refractivity contribution in [1.29, 1.82) is 0 Å². The first-order valence-corrected chi connectivity index (χ1v) is 20.3. The SMILES string of the molecule is COc1ccccc1CN(CCCCCC(=O)N(C)CCCCCCCCN(C)C(=O)CCCCCN(Cc1ccccc1OC)C(C)C)C(C)C. The van der Waals surface area contributed by atoms with Crippen molar-refractivity contribution in [2.75, 3.05) is 54.5 Å². The van der Waals surface area contributed by atoms with E-state index in [-0.39, 0.29) is 11.8 Å². The molecule has 0 fully saturated rings. The normalized spacial score (nSPS) is 11.5. The van der Waals surface area contributed by atoms with Gasteiger partial charge in [0.1, 0.15) is 11.5 Å². The molecule has 2 amide bonds. The number of hydrogen-bond donors (Lipinski definition) is 0. The number of methoxy groups -OCH3 is 2. The molecule has 0 spiro atoms. The maximum absolute atomic E-state index is 12.7. The van der Waals surface area contributed by atoms with Gasteiger partial charge in [-0.1, -0.05) is 74.9 Å². The Labute approximate surface area is 318 Å². The summed E-state index contributed by atoms with van der Waals surface area (Å²) in [5.74, 6) is 2.43. The van der Waals surface area contributed by atoms with E-state index >= 15 is 0 Å². The molecule has 0 aliphatic rings. The van der Waals surface area contributed by atoms with Gasteiger partial charge in [-0.05, 0) is 91.4 Å². The zero-order chi connectivity index (χ0) is 38.1. The monoisotopic (exact) mass is 723 g/mol. The number of benzene rings is 2. The van der Waals surface area contributed by atoms with Gasteiger partial charge < -0.3 is 19.3 Å². The summed E-state index contributed by atoms with van der Waals surface area (Å²) in [5.41, 5.74) is 2.44. The highest BCUT2D eigenvalue weighted by molar-refractivity contribution is 5.76. The lowest BCUT2D eigenvalue weighted by atomic mass is 10.1. The van der Waals surface area contributed by atoms with Crippen LogP contribution in [0.4, 0.5) is 0 Å². The summed E-state index contributed by atoms with van der Waals surface area (Å²) in [7, 11) is 7.37. The molecule has 52 heavy (non-hydrogen) atoms. The van der Waals surface area contributed by atoms with E-state index in [2.05, 4.69) is 61.8 Å². The van der Waals surface area contributed by atoms with E-state index in [0.717, 1.165) is 115 Å². The Bertz CT molecular complexity index is 1160. The molecule has 0 N–H and O–H groups in total. The van der Waals surface area contributed by atoms with Crippen molar-refractivity contribution in [1.82, 2.24) is 19.6 Å². The maximum Gasteiger partial charge on any atom is 0.222 e. The number of amides is 2. The average molecular weight is 723 g/mol. The third-order valence-electron chi connectivity index (χ3n) is 10.4. The van der Waals surface area contributed by atoms with Gasteiger partial charge in [0, 0.05) is 76.3 Å². The molecule has 2 rings (SSSR count). The molecule has 0 aliphatic carbocycles. The zero-order valence-corrected chi connectivity index (χ0v) is 34.3.